The van der Waals surface area contributed by atoms with E-state index in [1.54, 1.807) is 31.2 Å². The average Bonchev–Trinajstić information content (AvgIpc) is 2.45. The Morgan fingerprint density at radius 1 is 1.14 bits per heavy atom. The fourth-order valence-electron chi connectivity index (χ4n) is 1.69. The molecule has 0 aromatic heterocycles. The van der Waals surface area contributed by atoms with E-state index in [0.29, 0.717) is 21.9 Å². The van der Waals surface area contributed by atoms with Gasteiger partial charge >= 0.3 is 0 Å². The summed E-state index contributed by atoms with van der Waals surface area (Å²) in [5.74, 6) is -0.546. The first-order valence-corrected chi connectivity index (χ1v) is 6.47. The van der Waals surface area contributed by atoms with Gasteiger partial charge in [-0.15, -0.1) is 0 Å². The molecule has 3 N–H and O–H groups in total. The smallest absolute Gasteiger partial charge is 0.271 e. The van der Waals surface area contributed by atoms with Crippen LogP contribution in [0.15, 0.2) is 47.6 Å². The number of aromatic hydroxyl groups is 2. The molecule has 0 unspecified atom stereocenters. The molecule has 0 aliphatic carbocycles. The first-order valence-electron chi connectivity index (χ1n) is 6.10. The quantitative estimate of drug-likeness (QED) is 0.602. The first-order chi connectivity index (χ1) is 9.97. The standard InChI is InChI=1S/C15H13ClN2O3/c1-9(13-7-6-12(19)8-14(13)20)17-18-15(21)10-2-4-11(16)5-3-10/h2-8,19-20H,1H3,(H,18,21)/b17-9-. The summed E-state index contributed by atoms with van der Waals surface area (Å²) >= 11 is 5.75. The van der Waals surface area contributed by atoms with Crippen LogP contribution in [0.3, 0.4) is 0 Å². The van der Waals surface area contributed by atoms with Crippen LogP contribution in [-0.4, -0.2) is 21.8 Å². The van der Waals surface area contributed by atoms with Crippen LogP contribution in [0.4, 0.5) is 0 Å². The lowest BCUT2D eigenvalue weighted by Gasteiger charge is -2.05. The minimum Gasteiger partial charge on any atom is -0.508 e. The summed E-state index contributed by atoms with van der Waals surface area (Å²) in [5, 5.41) is 23.4. The van der Waals surface area contributed by atoms with E-state index in [1.807, 2.05) is 0 Å². The molecule has 6 heteroatoms. The normalized spacial score (nSPS) is 11.2. The zero-order chi connectivity index (χ0) is 15.4. The molecule has 2 aromatic carbocycles. The number of hydrogen-bond donors (Lipinski definition) is 3. The van der Waals surface area contributed by atoms with Gasteiger partial charge in [0, 0.05) is 22.2 Å². The van der Waals surface area contributed by atoms with Gasteiger partial charge in [-0.2, -0.15) is 5.10 Å². The lowest BCUT2D eigenvalue weighted by atomic mass is 10.1. The maximum absolute atomic E-state index is 11.9. The van der Waals surface area contributed by atoms with Crippen LogP contribution in [0.2, 0.25) is 5.02 Å². The fraction of sp³-hybridized carbons (Fsp3) is 0.0667. The van der Waals surface area contributed by atoms with E-state index in [4.69, 9.17) is 11.6 Å². The second kappa shape index (κ2) is 6.28. The predicted octanol–water partition coefficient (Wildman–Crippen LogP) is 2.91. The molecule has 21 heavy (non-hydrogen) atoms. The summed E-state index contributed by atoms with van der Waals surface area (Å²) in [5.41, 5.74) is 3.65. The third kappa shape index (κ3) is 3.73. The van der Waals surface area contributed by atoms with E-state index in [1.165, 1.54) is 18.2 Å². The molecule has 0 aliphatic rings. The minimum absolute atomic E-state index is 0.0470. The van der Waals surface area contributed by atoms with Crippen molar-refractivity contribution in [3.05, 3.63) is 58.6 Å². The number of phenols is 2. The van der Waals surface area contributed by atoms with Crippen LogP contribution in [0.1, 0.15) is 22.8 Å². The molecule has 0 radical (unpaired) electrons. The minimum atomic E-state index is -0.385. The molecule has 5 nitrogen and oxygen atoms in total. The van der Waals surface area contributed by atoms with E-state index >= 15 is 0 Å². The van der Waals surface area contributed by atoms with Crippen molar-refractivity contribution >= 4 is 23.2 Å². The Kier molecular flexibility index (Phi) is 4.45. The number of phenolic OH excluding ortho intramolecular Hbond substituents is 2. The number of nitrogens with one attached hydrogen (secondary N) is 1. The first kappa shape index (κ1) is 14.9. The highest BCUT2D eigenvalue weighted by Crippen LogP contribution is 2.22. The lowest BCUT2D eigenvalue weighted by Crippen LogP contribution is -2.19. The van der Waals surface area contributed by atoms with Crippen molar-refractivity contribution < 1.29 is 15.0 Å². The Hall–Kier alpha value is -2.53. The molecule has 2 rings (SSSR count). The van der Waals surface area contributed by atoms with Gasteiger partial charge < -0.3 is 10.2 Å². The Balaban J connectivity index is 2.12. The molecule has 0 saturated carbocycles. The van der Waals surface area contributed by atoms with Crippen LogP contribution >= 0.6 is 11.6 Å². The number of benzene rings is 2. The molecule has 0 fully saturated rings. The van der Waals surface area contributed by atoms with Gasteiger partial charge in [0.05, 0.1) is 5.71 Å². The van der Waals surface area contributed by atoms with Crippen LogP contribution < -0.4 is 5.43 Å². The molecule has 0 aliphatic heterocycles. The number of hydrazone groups is 1. The zero-order valence-corrected chi connectivity index (χ0v) is 11.9. The molecule has 0 saturated heterocycles. The molecule has 108 valence electrons. The topological polar surface area (TPSA) is 81.9 Å². The Labute approximate surface area is 126 Å². The highest BCUT2D eigenvalue weighted by atomic mass is 35.5. The highest BCUT2D eigenvalue weighted by Gasteiger charge is 2.08. The number of rotatable bonds is 3. The maximum atomic E-state index is 11.9. The van der Waals surface area contributed by atoms with Gasteiger partial charge in [0.2, 0.25) is 0 Å². The molecule has 2 aromatic rings. The number of halogens is 1. The molecule has 0 bridgehead atoms. The molecule has 1 amide bonds. The molecular formula is C15H13ClN2O3. The van der Waals surface area contributed by atoms with Crippen molar-refractivity contribution in [1.82, 2.24) is 5.43 Å². The average molecular weight is 305 g/mol. The van der Waals surface area contributed by atoms with Gasteiger partial charge in [0.25, 0.3) is 5.91 Å². The molecule has 0 atom stereocenters. The zero-order valence-electron chi connectivity index (χ0n) is 11.2. The van der Waals surface area contributed by atoms with Gasteiger partial charge in [-0.05, 0) is 43.3 Å². The molecular weight excluding hydrogens is 292 g/mol. The highest BCUT2D eigenvalue weighted by molar-refractivity contribution is 6.30. The van der Waals surface area contributed by atoms with Crippen LogP contribution in [0.25, 0.3) is 0 Å². The Bertz CT molecular complexity index is 697. The van der Waals surface area contributed by atoms with Crippen LogP contribution in [-0.2, 0) is 0 Å². The van der Waals surface area contributed by atoms with Gasteiger partial charge in [-0.25, -0.2) is 5.43 Å². The van der Waals surface area contributed by atoms with Crippen molar-refractivity contribution in [2.75, 3.05) is 0 Å². The largest absolute Gasteiger partial charge is 0.508 e. The van der Waals surface area contributed by atoms with E-state index in [0.717, 1.165) is 0 Å². The predicted molar refractivity (Wildman–Crippen MR) is 80.9 cm³/mol. The summed E-state index contributed by atoms with van der Waals surface area (Å²) in [6.07, 6.45) is 0. The van der Waals surface area contributed by atoms with Crippen molar-refractivity contribution in [3.8, 4) is 11.5 Å². The van der Waals surface area contributed by atoms with Crippen molar-refractivity contribution in [1.29, 1.82) is 0 Å². The second-order valence-electron chi connectivity index (χ2n) is 4.35. The maximum Gasteiger partial charge on any atom is 0.271 e. The number of carbonyl (C=O) groups is 1. The summed E-state index contributed by atoms with van der Waals surface area (Å²) in [7, 11) is 0. The Morgan fingerprint density at radius 2 is 1.81 bits per heavy atom. The van der Waals surface area contributed by atoms with Crippen molar-refractivity contribution in [3.63, 3.8) is 0 Å². The van der Waals surface area contributed by atoms with Gasteiger partial charge in [0.1, 0.15) is 11.5 Å². The molecule has 0 spiro atoms. The lowest BCUT2D eigenvalue weighted by molar-refractivity contribution is 0.0955. The second-order valence-corrected chi connectivity index (χ2v) is 4.78. The van der Waals surface area contributed by atoms with Crippen LogP contribution in [0, 0.1) is 0 Å². The number of nitrogens with zero attached hydrogens (tertiary/aromatic N) is 1. The van der Waals surface area contributed by atoms with E-state index in [-0.39, 0.29) is 17.4 Å². The monoisotopic (exact) mass is 304 g/mol. The summed E-state index contributed by atoms with van der Waals surface area (Å²) in [6, 6.07) is 10.5. The van der Waals surface area contributed by atoms with E-state index < -0.39 is 0 Å². The van der Waals surface area contributed by atoms with Gasteiger partial charge in [-0.3, -0.25) is 4.79 Å². The summed E-state index contributed by atoms with van der Waals surface area (Å²) in [4.78, 5) is 11.9. The third-order valence-electron chi connectivity index (χ3n) is 2.80. The fourth-order valence-corrected chi connectivity index (χ4v) is 1.81. The SMILES string of the molecule is C/C(=N/NC(=O)c1ccc(Cl)cc1)c1ccc(O)cc1O. The van der Waals surface area contributed by atoms with E-state index in [9.17, 15) is 15.0 Å². The summed E-state index contributed by atoms with van der Waals surface area (Å²) < 4.78 is 0. The number of amides is 1. The third-order valence-corrected chi connectivity index (χ3v) is 3.05. The Morgan fingerprint density at radius 3 is 2.43 bits per heavy atom. The van der Waals surface area contributed by atoms with Crippen molar-refractivity contribution in [2.24, 2.45) is 5.10 Å². The van der Waals surface area contributed by atoms with Crippen LogP contribution in [0.5, 0.6) is 11.5 Å². The molecule has 0 heterocycles. The number of carbonyl (C=O) groups excluding carboxylic acids is 1. The number of hydrogen-bond acceptors (Lipinski definition) is 4. The van der Waals surface area contributed by atoms with Crippen molar-refractivity contribution in [2.45, 2.75) is 6.92 Å². The van der Waals surface area contributed by atoms with E-state index in [2.05, 4.69) is 10.5 Å². The summed E-state index contributed by atoms with van der Waals surface area (Å²) in [6.45, 7) is 1.63. The van der Waals surface area contributed by atoms with Gasteiger partial charge in [0.15, 0.2) is 0 Å². The van der Waals surface area contributed by atoms with Gasteiger partial charge in [-0.1, -0.05) is 11.6 Å².